The third kappa shape index (κ3) is 6.51. The molecule has 0 saturated heterocycles. The van der Waals surface area contributed by atoms with Gasteiger partial charge in [-0.3, -0.25) is 4.99 Å². The molecule has 0 unspecified atom stereocenters. The van der Waals surface area contributed by atoms with Crippen LogP contribution in [-0.2, 0) is 12.6 Å². The number of thiophene rings is 1. The van der Waals surface area contributed by atoms with Crippen molar-refractivity contribution < 1.29 is 13.2 Å². The van der Waals surface area contributed by atoms with Crippen molar-refractivity contribution in [3.63, 3.8) is 0 Å². The fraction of sp³-hybridized carbons (Fsp3) is 0.278. The van der Waals surface area contributed by atoms with Crippen molar-refractivity contribution in [3.05, 3.63) is 57.8 Å². The zero-order chi connectivity index (χ0) is 18.1. The lowest BCUT2D eigenvalue weighted by Crippen LogP contribution is -2.38. The zero-order valence-corrected chi connectivity index (χ0v) is 14.5. The number of nitrogens with one attached hydrogen (secondary N) is 2. The van der Waals surface area contributed by atoms with Crippen LogP contribution in [0.25, 0.3) is 0 Å². The Hall–Kier alpha value is -2.46. The van der Waals surface area contributed by atoms with Gasteiger partial charge in [-0.2, -0.15) is 13.2 Å². The quantitative estimate of drug-likeness (QED) is 0.494. The first kappa shape index (κ1) is 18.9. The standard InChI is InChI=1S/C18H18F3N3S/c1-22-17(24-11-9-16-8-4-12-25-16)23-10-3-6-14-5-2-7-15(13-14)18(19,20)21/h2,4-5,7-8,12-13H,9-11H2,1H3,(H2,22,23,24). The normalized spacial score (nSPS) is 11.6. The molecule has 0 bridgehead atoms. The molecule has 7 heteroatoms. The lowest BCUT2D eigenvalue weighted by Gasteiger charge is -2.09. The van der Waals surface area contributed by atoms with E-state index in [4.69, 9.17) is 0 Å². The second kappa shape index (κ2) is 9.14. The Bertz CT molecular complexity index is 756. The maximum absolute atomic E-state index is 12.6. The average Bonchev–Trinajstić information content (AvgIpc) is 3.10. The SMILES string of the molecule is CN=C(NCC#Cc1cccc(C(F)(F)F)c1)NCCc1cccs1. The Morgan fingerprint density at radius 1 is 1.20 bits per heavy atom. The van der Waals surface area contributed by atoms with Crippen molar-refractivity contribution >= 4 is 17.3 Å². The first-order valence-corrected chi connectivity index (χ1v) is 8.50. The van der Waals surface area contributed by atoms with Gasteiger partial charge >= 0.3 is 6.18 Å². The Kier molecular flexibility index (Phi) is 6.90. The third-order valence-electron chi connectivity index (χ3n) is 3.23. The smallest absolute Gasteiger partial charge is 0.356 e. The number of guanidine groups is 1. The molecular formula is C18H18F3N3S. The molecule has 2 aromatic rings. The van der Waals surface area contributed by atoms with Gasteiger partial charge in [-0.15, -0.1) is 11.3 Å². The van der Waals surface area contributed by atoms with E-state index in [1.807, 2.05) is 11.4 Å². The van der Waals surface area contributed by atoms with Gasteiger partial charge in [-0.1, -0.05) is 24.0 Å². The van der Waals surface area contributed by atoms with E-state index in [-0.39, 0.29) is 6.54 Å². The van der Waals surface area contributed by atoms with Crippen LogP contribution < -0.4 is 10.6 Å². The van der Waals surface area contributed by atoms with E-state index in [0.717, 1.165) is 25.1 Å². The first-order chi connectivity index (χ1) is 12.0. The second-order valence-corrected chi connectivity index (χ2v) is 6.09. The van der Waals surface area contributed by atoms with Crippen LogP contribution in [0.4, 0.5) is 13.2 Å². The van der Waals surface area contributed by atoms with Gasteiger partial charge in [0.05, 0.1) is 12.1 Å². The number of nitrogens with zero attached hydrogens (tertiary/aromatic N) is 1. The molecule has 0 aliphatic carbocycles. The van der Waals surface area contributed by atoms with Gasteiger partial charge in [-0.25, -0.2) is 0 Å². The molecule has 0 radical (unpaired) electrons. The number of halogens is 3. The summed E-state index contributed by atoms with van der Waals surface area (Å²) in [5.74, 6) is 6.13. The van der Waals surface area contributed by atoms with Crippen LogP contribution in [0.1, 0.15) is 16.0 Å². The molecule has 1 aromatic carbocycles. The number of alkyl halides is 3. The molecule has 0 saturated carbocycles. The molecule has 0 amide bonds. The molecule has 0 spiro atoms. The lowest BCUT2D eigenvalue weighted by molar-refractivity contribution is -0.137. The molecule has 0 fully saturated rings. The van der Waals surface area contributed by atoms with E-state index in [1.54, 1.807) is 24.5 Å². The third-order valence-corrected chi connectivity index (χ3v) is 4.17. The minimum Gasteiger partial charge on any atom is -0.356 e. The second-order valence-electron chi connectivity index (χ2n) is 5.06. The van der Waals surface area contributed by atoms with E-state index in [2.05, 4.69) is 33.5 Å². The van der Waals surface area contributed by atoms with Crippen LogP contribution >= 0.6 is 11.3 Å². The van der Waals surface area contributed by atoms with Crippen LogP contribution in [0.5, 0.6) is 0 Å². The predicted molar refractivity (Wildman–Crippen MR) is 95.7 cm³/mol. The molecule has 25 heavy (non-hydrogen) atoms. The Morgan fingerprint density at radius 3 is 2.72 bits per heavy atom. The lowest BCUT2D eigenvalue weighted by atomic mass is 10.1. The molecule has 2 rings (SSSR count). The Morgan fingerprint density at radius 2 is 2.04 bits per heavy atom. The molecule has 1 heterocycles. The van der Waals surface area contributed by atoms with Crippen LogP contribution in [0, 0.1) is 11.8 Å². The summed E-state index contributed by atoms with van der Waals surface area (Å²) in [5, 5.41) is 8.21. The number of hydrogen-bond acceptors (Lipinski definition) is 2. The van der Waals surface area contributed by atoms with E-state index in [0.29, 0.717) is 11.5 Å². The molecule has 0 atom stereocenters. The number of aliphatic imine (C=N–C) groups is 1. The van der Waals surface area contributed by atoms with Crippen LogP contribution in [0.2, 0.25) is 0 Å². The highest BCUT2D eigenvalue weighted by Gasteiger charge is 2.30. The van der Waals surface area contributed by atoms with Crippen molar-refractivity contribution in [2.75, 3.05) is 20.1 Å². The van der Waals surface area contributed by atoms with Crippen LogP contribution in [0.15, 0.2) is 46.8 Å². The topological polar surface area (TPSA) is 36.4 Å². The molecule has 2 N–H and O–H groups in total. The molecule has 1 aromatic heterocycles. The van der Waals surface area contributed by atoms with Crippen molar-refractivity contribution in [1.29, 1.82) is 0 Å². The van der Waals surface area contributed by atoms with Crippen molar-refractivity contribution in [3.8, 4) is 11.8 Å². The molecule has 3 nitrogen and oxygen atoms in total. The van der Waals surface area contributed by atoms with Gasteiger partial charge in [0, 0.05) is 24.0 Å². The summed E-state index contributed by atoms with van der Waals surface area (Å²) in [6, 6.07) is 9.06. The summed E-state index contributed by atoms with van der Waals surface area (Å²) in [6.07, 6.45) is -3.46. The monoisotopic (exact) mass is 365 g/mol. The van der Waals surface area contributed by atoms with Crippen LogP contribution in [-0.4, -0.2) is 26.1 Å². The molecule has 0 aliphatic heterocycles. The van der Waals surface area contributed by atoms with Gasteiger partial charge in [0.25, 0.3) is 0 Å². The van der Waals surface area contributed by atoms with E-state index < -0.39 is 11.7 Å². The van der Waals surface area contributed by atoms with Crippen molar-refractivity contribution in [2.24, 2.45) is 4.99 Å². The largest absolute Gasteiger partial charge is 0.416 e. The van der Waals surface area contributed by atoms with Crippen LogP contribution in [0.3, 0.4) is 0 Å². The first-order valence-electron chi connectivity index (χ1n) is 7.62. The molecule has 0 aliphatic rings. The van der Waals surface area contributed by atoms with E-state index in [1.165, 1.54) is 10.9 Å². The summed E-state index contributed by atoms with van der Waals surface area (Å²) in [7, 11) is 1.65. The highest BCUT2D eigenvalue weighted by molar-refractivity contribution is 7.09. The minimum absolute atomic E-state index is 0.287. The van der Waals surface area contributed by atoms with Crippen molar-refractivity contribution in [1.82, 2.24) is 10.6 Å². The highest BCUT2D eigenvalue weighted by Crippen LogP contribution is 2.29. The molecule has 132 valence electrons. The van der Waals surface area contributed by atoms with Gasteiger partial charge in [0.2, 0.25) is 0 Å². The fourth-order valence-corrected chi connectivity index (χ4v) is 2.74. The Labute approximate surface area is 149 Å². The van der Waals surface area contributed by atoms with E-state index in [9.17, 15) is 13.2 Å². The minimum atomic E-state index is -4.36. The maximum Gasteiger partial charge on any atom is 0.416 e. The van der Waals surface area contributed by atoms with Gasteiger partial charge in [0.15, 0.2) is 5.96 Å². The Balaban J connectivity index is 1.80. The summed E-state index contributed by atoms with van der Waals surface area (Å²) >= 11 is 1.70. The van der Waals surface area contributed by atoms with Gasteiger partial charge in [-0.05, 0) is 36.1 Å². The number of rotatable bonds is 4. The van der Waals surface area contributed by atoms with Gasteiger partial charge in [0.1, 0.15) is 0 Å². The summed E-state index contributed by atoms with van der Waals surface area (Å²) in [4.78, 5) is 5.36. The van der Waals surface area contributed by atoms with E-state index >= 15 is 0 Å². The highest BCUT2D eigenvalue weighted by atomic mass is 32.1. The average molecular weight is 365 g/mol. The number of benzene rings is 1. The summed E-state index contributed by atoms with van der Waals surface area (Å²) < 4.78 is 37.9. The maximum atomic E-state index is 12.6. The summed E-state index contributed by atoms with van der Waals surface area (Å²) in [5.41, 5.74) is -0.365. The zero-order valence-electron chi connectivity index (χ0n) is 13.7. The number of hydrogen-bond donors (Lipinski definition) is 2. The predicted octanol–water partition coefficient (Wildman–Crippen LogP) is 3.53. The fourth-order valence-electron chi connectivity index (χ4n) is 2.03. The van der Waals surface area contributed by atoms with Gasteiger partial charge < -0.3 is 10.6 Å². The van der Waals surface area contributed by atoms with Crippen molar-refractivity contribution in [2.45, 2.75) is 12.6 Å². The molecular weight excluding hydrogens is 347 g/mol. The summed E-state index contributed by atoms with van der Waals surface area (Å²) in [6.45, 7) is 1.02.